The van der Waals surface area contributed by atoms with E-state index in [-0.39, 0.29) is 28.8 Å². The molecule has 0 spiro atoms. The minimum atomic E-state index is -4.63. The third-order valence-electron chi connectivity index (χ3n) is 5.03. The highest BCUT2D eigenvalue weighted by Gasteiger charge is 2.32. The number of rotatable bonds is 5. The molecule has 2 heterocycles. The Bertz CT molecular complexity index is 1250. The minimum Gasteiger partial charge on any atom is -0.493 e. The van der Waals surface area contributed by atoms with Crippen LogP contribution in [-0.2, 0) is 11.0 Å². The van der Waals surface area contributed by atoms with Crippen molar-refractivity contribution >= 4 is 29.3 Å². The molecular weight excluding hydrogens is 477 g/mol. The maximum absolute atomic E-state index is 12.8. The molecule has 0 aliphatic carbocycles. The van der Waals surface area contributed by atoms with Crippen molar-refractivity contribution in [3.8, 4) is 17.2 Å². The van der Waals surface area contributed by atoms with Crippen LogP contribution in [0.25, 0.3) is 0 Å². The van der Waals surface area contributed by atoms with E-state index >= 15 is 0 Å². The summed E-state index contributed by atoms with van der Waals surface area (Å²) >= 11 is 6.27. The first-order valence-corrected chi connectivity index (χ1v) is 10.3. The predicted octanol–water partition coefficient (Wildman–Crippen LogP) is 5.75. The van der Waals surface area contributed by atoms with Gasteiger partial charge in [-0.25, -0.2) is 4.98 Å². The smallest absolute Gasteiger partial charge is 0.433 e. The Morgan fingerprint density at radius 1 is 1.15 bits per heavy atom. The van der Waals surface area contributed by atoms with E-state index in [0.717, 1.165) is 12.1 Å². The molecular formula is C23H16ClF3N2O5. The number of hydrogen-bond donors (Lipinski definition) is 2. The molecule has 176 valence electrons. The second kappa shape index (κ2) is 9.22. The van der Waals surface area contributed by atoms with Crippen LogP contribution in [-0.4, -0.2) is 28.6 Å². The number of carbonyl (C=O) groups excluding carboxylic acids is 1. The number of amides is 1. The summed E-state index contributed by atoms with van der Waals surface area (Å²) in [6.45, 7) is 0.246. The molecule has 2 N–H and O–H groups in total. The van der Waals surface area contributed by atoms with Crippen molar-refractivity contribution in [1.29, 1.82) is 0 Å². The minimum absolute atomic E-state index is 0.163. The highest BCUT2D eigenvalue weighted by molar-refractivity contribution is 6.32. The molecule has 0 bridgehead atoms. The van der Waals surface area contributed by atoms with Crippen LogP contribution >= 0.6 is 11.6 Å². The molecule has 11 heteroatoms. The molecule has 1 unspecified atom stereocenters. The highest BCUT2D eigenvalue weighted by atomic mass is 35.5. The lowest BCUT2D eigenvalue weighted by atomic mass is 9.93. The summed E-state index contributed by atoms with van der Waals surface area (Å²) in [6.07, 6.45) is -4.30. The molecule has 4 rings (SSSR count). The lowest BCUT2D eigenvalue weighted by Gasteiger charge is -2.24. The molecule has 0 saturated heterocycles. The van der Waals surface area contributed by atoms with Gasteiger partial charge in [-0.2, -0.15) is 13.2 Å². The molecule has 1 aliphatic heterocycles. The lowest BCUT2D eigenvalue weighted by molar-refractivity contribution is -0.141. The number of alkyl halides is 3. The van der Waals surface area contributed by atoms with Crippen LogP contribution in [0.4, 0.5) is 19.0 Å². The van der Waals surface area contributed by atoms with Crippen molar-refractivity contribution in [3.05, 3.63) is 76.4 Å². The van der Waals surface area contributed by atoms with Gasteiger partial charge < -0.3 is 19.9 Å². The van der Waals surface area contributed by atoms with Gasteiger partial charge in [0, 0.05) is 17.2 Å². The number of anilines is 1. The summed E-state index contributed by atoms with van der Waals surface area (Å²) in [6, 6.07) is 12.0. The molecule has 1 aliphatic rings. The standard InChI is InChI=1S/C23H16ClF3N2O5/c24-16-10-15-14(22(31)32)8-9-33-17(15)11-18(16)34-13-6-4-12(5-7-13)21(30)29-20-3-1-2-19(28-20)23(25,26)27/h1-7,10-11,14H,8-9H2,(H,31,32)(H,28,29,30). The monoisotopic (exact) mass is 492 g/mol. The largest absolute Gasteiger partial charge is 0.493 e. The van der Waals surface area contributed by atoms with Gasteiger partial charge in [-0.1, -0.05) is 17.7 Å². The number of halogens is 4. The fraction of sp³-hybridized carbons (Fsp3) is 0.174. The quantitative estimate of drug-likeness (QED) is 0.470. The van der Waals surface area contributed by atoms with Crippen molar-refractivity contribution in [3.63, 3.8) is 0 Å². The molecule has 7 nitrogen and oxygen atoms in total. The van der Waals surface area contributed by atoms with Gasteiger partial charge in [0.2, 0.25) is 0 Å². The van der Waals surface area contributed by atoms with Crippen molar-refractivity contribution in [2.75, 3.05) is 11.9 Å². The molecule has 3 aromatic rings. The Labute approximate surface area is 196 Å². The van der Waals surface area contributed by atoms with Gasteiger partial charge in [0.25, 0.3) is 5.91 Å². The summed E-state index contributed by atoms with van der Waals surface area (Å²) in [5, 5.41) is 11.9. The topological polar surface area (TPSA) is 97.8 Å². The molecule has 34 heavy (non-hydrogen) atoms. The van der Waals surface area contributed by atoms with Gasteiger partial charge in [0.1, 0.15) is 28.8 Å². The third-order valence-corrected chi connectivity index (χ3v) is 5.32. The van der Waals surface area contributed by atoms with E-state index in [1.165, 1.54) is 42.5 Å². The second-order valence-electron chi connectivity index (χ2n) is 7.33. The Morgan fingerprint density at radius 2 is 1.88 bits per heavy atom. The zero-order valence-corrected chi connectivity index (χ0v) is 18.0. The summed E-state index contributed by atoms with van der Waals surface area (Å²) in [7, 11) is 0. The number of carboxylic acids is 1. The Morgan fingerprint density at radius 3 is 2.56 bits per heavy atom. The van der Waals surface area contributed by atoms with Gasteiger partial charge >= 0.3 is 12.1 Å². The number of fused-ring (bicyclic) bond motifs is 1. The lowest BCUT2D eigenvalue weighted by Crippen LogP contribution is -2.20. The average Bonchev–Trinajstić information content (AvgIpc) is 2.79. The highest BCUT2D eigenvalue weighted by Crippen LogP contribution is 2.41. The first-order chi connectivity index (χ1) is 16.1. The van der Waals surface area contributed by atoms with Crippen LogP contribution < -0.4 is 14.8 Å². The number of carbonyl (C=O) groups is 2. The van der Waals surface area contributed by atoms with Gasteiger partial charge in [0.15, 0.2) is 0 Å². The molecule has 0 radical (unpaired) electrons. The van der Waals surface area contributed by atoms with E-state index in [1.807, 2.05) is 0 Å². The number of hydrogen-bond acceptors (Lipinski definition) is 5. The average molecular weight is 493 g/mol. The number of nitrogens with one attached hydrogen (secondary N) is 1. The fourth-order valence-electron chi connectivity index (χ4n) is 3.38. The van der Waals surface area contributed by atoms with E-state index in [1.54, 1.807) is 0 Å². The Kier molecular flexibility index (Phi) is 6.34. The molecule has 0 fully saturated rings. The van der Waals surface area contributed by atoms with Crippen molar-refractivity contribution < 1.29 is 37.3 Å². The first kappa shape index (κ1) is 23.4. The molecule has 2 aromatic carbocycles. The van der Waals surface area contributed by atoms with Crippen LogP contribution in [0.5, 0.6) is 17.2 Å². The number of aromatic nitrogens is 1. The normalized spacial score (nSPS) is 15.1. The van der Waals surface area contributed by atoms with Gasteiger partial charge in [-0.3, -0.25) is 9.59 Å². The molecule has 0 saturated carbocycles. The molecule has 1 amide bonds. The van der Waals surface area contributed by atoms with Crippen LogP contribution in [0, 0.1) is 0 Å². The van der Waals surface area contributed by atoms with E-state index < -0.39 is 29.7 Å². The Balaban J connectivity index is 1.47. The van der Waals surface area contributed by atoms with Crippen molar-refractivity contribution in [2.45, 2.75) is 18.5 Å². The summed E-state index contributed by atoms with van der Waals surface area (Å²) in [5.74, 6) is -1.66. The fourth-order valence-corrected chi connectivity index (χ4v) is 3.59. The number of pyridine rings is 1. The first-order valence-electron chi connectivity index (χ1n) is 9.94. The van der Waals surface area contributed by atoms with Gasteiger partial charge in [0.05, 0.1) is 17.5 Å². The summed E-state index contributed by atoms with van der Waals surface area (Å²) in [5.41, 5.74) is -0.489. The number of ether oxygens (including phenoxy) is 2. The number of benzene rings is 2. The maximum atomic E-state index is 12.8. The Hall–Kier alpha value is -3.79. The van der Waals surface area contributed by atoms with Gasteiger partial charge in [-0.15, -0.1) is 0 Å². The third kappa shape index (κ3) is 5.07. The second-order valence-corrected chi connectivity index (χ2v) is 7.74. The zero-order chi connectivity index (χ0) is 24.5. The predicted molar refractivity (Wildman–Crippen MR) is 116 cm³/mol. The van der Waals surface area contributed by atoms with E-state index in [2.05, 4.69) is 10.3 Å². The number of aliphatic carboxylic acids is 1. The van der Waals surface area contributed by atoms with E-state index in [4.69, 9.17) is 21.1 Å². The SMILES string of the molecule is O=C(Nc1cccc(C(F)(F)F)n1)c1ccc(Oc2cc3c(cc2Cl)C(C(=O)O)CCO3)cc1. The zero-order valence-electron chi connectivity index (χ0n) is 17.2. The van der Waals surface area contributed by atoms with Crippen LogP contribution in [0.1, 0.15) is 34.0 Å². The summed E-state index contributed by atoms with van der Waals surface area (Å²) < 4.78 is 49.7. The van der Waals surface area contributed by atoms with Crippen LogP contribution in [0.2, 0.25) is 5.02 Å². The van der Waals surface area contributed by atoms with Crippen molar-refractivity contribution in [2.24, 2.45) is 0 Å². The van der Waals surface area contributed by atoms with Crippen LogP contribution in [0.15, 0.2) is 54.6 Å². The van der Waals surface area contributed by atoms with Gasteiger partial charge in [-0.05, 0) is 48.9 Å². The van der Waals surface area contributed by atoms with E-state index in [9.17, 15) is 27.9 Å². The van der Waals surface area contributed by atoms with Crippen molar-refractivity contribution in [1.82, 2.24) is 4.98 Å². The van der Waals surface area contributed by atoms with E-state index in [0.29, 0.717) is 23.5 Å². The maximum Gasteiger partial charge on any atom is 0.433 e. The summed E-state index contributed by atoms with van der Waals surface area (Å²) in [4.78, 5) is 27.2. The molecule has 1 aromatic heterocycles. The van der Waals surface area contributed by atoms with Crippen LogP contribution in [0.3, 0.4) is 0 Å². The number of nitrogens with zero attached hydrogens (tertiary/aromatic N) is 1. The number of carboxylic acid groups (broad SMARTS) is 1. The molecule has 1 atom stereocenters.